The topological polar surface area (TPSA) is 70.4 Å². The molecule has 0 aliphatic heterocycles. The van der Waals surface area contributed by atoms with Gasteiger partial charge in [-0.3, -0.25) is 10.6 Å². The van der Waals surface area contributed by atoms with Crippen molar-refractivity contribution in [2.45, 2.75) is 45.2 Å². The third-order valence-electron chi connectivity index (χ3n) is 4.30. The van der Waals surface area contributed by atoms with Crippen LogP contribution < -0.4 is 16.5 Å². The zero-order valence-corrected chi connectivity index (χ0v) is 15.2. The van der Waals surface area contributed by atoms with Crippen molar-refractivity contribution in [3.63, 3.8) is 0 Å². The average molecular weight is 336 g/mol. The van der Waals surface area contributed by atoms with E-state index in [0.29, 0.717) is 24.0 Å². The van der Waals surface area contributed by atoms with E-state index in [4.69, 9.17) is 5.84 Å². The Morgan fingerprint density at radius 2 is 2.04 bits per heavy atom. The largest absolute Gasteiger partial charge is 0.384 e. The first kappa shape index (κ1) is 20.1. The van der Waals surface area contributed by atoms with Gasteiger partial charge in [0.25, 0.3) is 0 Å². The molecular weight excluding hydrogens is 307 g/mol. The van der Waals surface area contributed by atoms with Crippen LogP contribution in [0.4, 0.5) is 4.39 Å². The molecule has 0 fully saturated rings. The summed E-state index contributed by atoms with van der Waals surface area (Å²) in [7, 11) is 3.38. The van der Waals surface area contributed by atoms with Crippen LogP contribution >= 0.6 is 0 Å². The molecule has 1 amide bonds. The van der Waals surface area contributed by atoms with E-state index in [2.05, 4.69) is 10.6 Å². The van der Waals surface area contributed by atoms with Crippen molar-refractivity contribution in [2.75, 3.05) is 14.1 Å². The van der Waals surface area contributed by atoms with Crippen molar-refractivity contribution in [3.8, 4) is 0 Å². The molecule has 0 aliphatic carbocycles. The number of nitrogens with one attached hydrogen (secondary N) is 2. The summed E-state index contributed by atoms with van der Waals surface area (Å²) >= 11 is 0. The molecule has 1 aromatic carbocycles. The smallest absolute Gasteiger partial charge is 0.248 e. The Hall–Kier alpha value is -1.92. The van der Waals surface area contributed by atoms with E-state index in [9.17, 15) is 9.18 Å². The molecule has 0 saturated carbocycles. The number of nitrogens with zero attached hydrogens (tertiary/aromatic N) is 1. The lowest BCUT2D eigenvalue weighted by Gasteiger charge is -2.35. The lowest BCUT2D eigenvalue weighted by Crippen LogP contribution is -2.47. The Kier molecular flexibility index (Phi) is 7.38. The van der Waals surface area contributed by atoms with Gasteiger partial charge in [-0.15, -0.1) is 0 Å². The van der Waals surface area contributed by atoms with Gasteiger partial charge < -0.3 is 10.6 Å². The Morgan fingerprint density at radius 1 is 1.42 bits per heavy atom. The predicted octanol–water partition coefficient (Wildman–Crippen LogP) is 2.47. The molecule has 1 aromatic rings. The van der Waals surface area contributed by atoms with Crippen molar-refractivity contribution in [1.29, 1.82) is 0 Å². The number of halogens is 1. The second-order valence-electron chi connectivity index (χ2n) is 6.47. The van der Waals surface area contributed by atoms with Gasteiger partial charge >= 0.3 is 0 Å². The van der Waals surface area contributed by atoms with E-state index < -0.39 is 0 Å². The lowest BCUT2D eigenvalue weighted by atomic mass is 9.90. The average Bonchev–Trinajstić information content (AvgIpc) is 2.54. The summed E-state index contributed by atoms with van der Waals surface area (Å²) in [6.07, 6.45) is 2.82. The molecule has 0 unspecified atom stereocenters. The van der Waals surface area contributed by atoms with Gasteiger partial charge in [-0.1, -0.05) is 25.1 Å². The minimum atomic E-state index is -0.354. The molecular formula is C18H29FN4O. The summed E-state index contributed by atoms with van der Waals surface area (Å²) in [5.74, 6) is 5.49. The summed E-state index contributed by atoms with van der Waals surface area (Å²) < 4.78 is 14.3. The highest BCUT2D eigenvalue weighted by molar-refractivity contribution is 5.92. The van der Waals surface area contributed by atoms with Crippen LogP contribution in [0.25, 0.3) is 0 Å². The summed E-state index contributed by atoms with van der Waals surface area (Å²) in [5, 5.41) is 7.43. The number of hydrazine groups is 1. The molecule has 0 bridgehead atoms. The second-order valence-corrected chi connectivity index (χ2v) is 6.47. The van der Waals surface area contributed by atoms with Crippen LogP contribution in [0.2, 0.25) is 0 Å². The van der Waals surface area contributed by atoms with Crippen LogP contribution in [0, 0.1) is 5.82 Å². The SMILES string of the molecule is CC/C(=C/N[C@H](CC(C)(C)N(C)N)c1ccccc1F)C(=O)NC. The molecule has 4 N–H and O–H groups in total. The Morgan fingerprint density at radius 3 is 2.54 bits per heavy atom. The van der Waals surface area contributed by atoms with Crippen LogP contribution in [0.15, 0.2) is 36.0 Å². The van der Waals surface area contributed by atoms with Gasteiger partial charge in [-0.2, -0.15) is 0 Å². The minimum Gasteiger partial charge on any atom is -0.384 e. The zero-order chi connectivity index (χ0) is 18.3. The third-order valence-corrected chi connectivity index (χ3v) is 4.30. The number of carbonyl (C=O) groups excluding carboxylic acids is 1. The van der Waals surface area contributed by atoms with Gasteiger partial charge in [0.1, 0.15) is 5.82 Å². The molecule has 0 aliphatic rings. The van der Waals surface area contributed by atoms with Gasteiger partial charge in [0.15, 0.2) is 0 Å². The first-order chi connectivity index (χ1) is 11.2. The molecule has 0 aromatic heterocycles. The van der Waals surface area contributed by atoms with Gasteiger partial charge in [0.05, 0.1) is 6.04 Å². The van der Waals surface area contributed by atoms with Crippen LogP contribution in [0.3, 0.4) is 0 Å². The molecule has 0 spiro atoms. The van der Waals surface area contributed by atoms with E-state index in [1.807, 2.05) is 20.8 Å². The Labute approximate surface area is 144 Å². The zero-order valence-electron chi connectivity index (χ0n) is 15.2. The van der Waals surface area contributed by atoms with Crippen molar-refractivity contribution in [1.82, 2.24) is 15.6 Å². The normalized spacial score (nSPS) is 13.8. The predicted molar refractivity (Wildman–Crippen MR) is 95.4 cm³/mol. The number of nitrogens with two attached hydrogens (primary N) is 1. The van der Waals surface area contributed by atoms with Gasteiger partial charge in [-0.05, 0) is 32.8 Å². The van der Waals surface area contributed by atoms with Gasteiger partial charge in [0, 0.05) is 37.0 Å². The monoisotopic (exact) mass is 336 g/mol. The summed E-state index contributed by atoms with van der Waals surface area (Å²) in [5.41, 5.74) is 0.807. The highest BCUT2D eigenvalue weighted by atomic mass is 19.1. The highest BCUT2D eigenvalue weighted by Crippen LogP contribution is 2.28. The number of likely N-dealkylation sites (N-methyl/N-ethyl adjacent to an activating group) is 1. The third kappa shape index (κ3) is 5.32. The lowest BCUT2D eigenvalue weighted by molar-refractivity contribution is -0.117. The van der Waals surface area contributed by atoms with E-state index in [0.717, 1.165) is 0 Å². The van der Waals surface area contributed by atoms with Crippen molar-refractivity contribution in [3.05, 3.63) is 47.4 Å². The molecule has 134 valence electrons. The number of hydrogen-bond acceptors (Lipinski definition) is 4. The fourth-order valence-electron chi connectivity index (χ4n) is 2.35. The van der Waals surface area contributed by atoms with Crippen LogP contribution in [-0.2, 0) is 4.79 Å². The number of hydrogen-bond donors (Lipinski definition) is 3. The van der Waals surface area contributed by atoms with E-state index in [-0.39, 0.29) is 23.3 Å². The molecule has 1 rings (SSSR count). The highest BCUT2D eigenvalue weighted by Gasteiger charge is 2.28. The standard InChI is InChI=1S/C18H29FN4O/c1-6-13(17(24)21-4)12-22-16(11-18(2,3)23(5)20)14-9-7-8-10-15(14)19/h7-10,12,16,22H,6,11,20H2,1-5H3,(H,21,24)/b13-12-/t16-/m1/s1. The maximum absolute atomic E-state index is 14.3. The Balaban J connectivity index is 3.13. The second kappa shape index (κ2) is 8.80. The molecule has 5 nitrogen and oxygen atoms in total. The van der Waals surface area contributed by atoms with Crippen LogP contribution in [0.1, 0.15) is 45.2 Å². The number of benzene rings is 1. The van der Waals surface area contributed by atoms with Crippen LogP contribution in [0.5, 0.6) is 0 Å². The maximum atomic E-state index is 14.3. The molecule has 0 radical (unpaired) electrons. The molecule has 0 saturated heterocycles. The molecule has 24 heavy (non-hydrogen) atoms. The van der Waals surface area contributed by atoms with E-state index >= 15 is 0 Å². The quantitative estimate of drug-likeness (QED) is 0.387. The van der Waals surface area contributed by atoms with E-state index in [1.54, 1.807) is 43.5 Å². The molecule has 1 atom stereocenters. The van der Waals surface area contributed by atoms with Crippen molar-refractivity contribution < 1.29 is 9.18 Å². The summed E-state index contributed by atoms with van der Waals surface area (Å²) in [6.45, 7) is 5.88. The first-order valence-electron chi connectivity index (χ1n) is 8.13. The summed E-state index contributed by atoms with van der Waals surface area (Å²) in [4.78, 5) is 11.8. The van der Waals surface area contributed by atoms with Crippen LogP contribution in [-0.4, -0.2) is 30.6 Å². The maximum Gasteiger partial charge on any atom is 0.248 e. The molecule has 0 heterocycles. The van der Waals surface area contributed by atoms with Crippen molar-refractivity contribution >= 4 is 5.91 Å². The Bertz CT molecular complexity index is 584. The van der Waals surface area contributed by atoms with Crippen molar-refractivity contribution in [2.24, 2.45) is 5.84 Å². The van der Waals surface area contributed by atoms with Gasteiger partial charge in [-0.25, -0.2) is 9.40 Å². The fraction of sp³-hybridized carbons (Fsp3) is 0.500. The minimum absolute atomic E-state index is 0.146. The first-order valence-corrected chi connectivity index (χ1v) is 8.13. The number of rotatable bonds is 8. The number of carbonyl (C=O) groups is 1. The summed E-state index contributed by atoms with van der Waals surface area (Å²) in [6, 6.07) is 6.34. The molecule has 6 heteroatoms. The fourth-order valence-corrected chi connectivity index (χ4v) is 2.35. The number of amides is 1. The van der Waals surface area contributed by atoms with Gasteiger partial charge in [0.2, 0.25) is 5.91 Å². The van der Waals surface area contributed by atoms with E-state index in [1.165, 1.54) is 6.07 Å².